The van der Waals surface area contributed by atoms with Crippen LogP contribution in [0.25, 0.3) is 10.4 Å². The molecule has 44 heavy (non-hydrogen) atoms. The van der Waals surface area contributed by atoms with Crippen molar-refractivity contribution >= 4 is 56.5 Å². The third kappa shape index (κ3) is 9.71. The first-order valence-electron chi connectivity index (χ1n) is 13.0. The summed E-state index contributed by atoms with van der Waals surface area (Å²) in [7, 11) is 2.93. The monoisotopic (exact) mass is 699 g/mol. The topological polar surface area (TPSA) is 129 Å². The molecule has 11 nitrogen and oxygen atoms in total. The standard InChI is InChI=1S/C22H19BrF2N2O4S.C7H13NO4/c1-3-31-22(28)19-15(11-23)20(13-7-9-14(10-8-13)27(29)30)32-21(19)26(2)12-16-17(24)5-4-6-18(16)25;1-7(2,3)12-6(10)8(4)11-5-9/h4-10H,3,11-12H2,1-2H3;5H,1-4H3. The maximum Gasteiger partial charge on any atom is 0.443 e. The van der Waals surface area contributed by atoms with E-state index in [4.69, 9.17) is 9.47 Å². The zero-order valence-electron chi connectivity index (χ0n) is 24.9. The van der Waals surface area contributed by atoms with Crippen molar-refractivity contribution in [3.8, 4) is 10.4 Å². The van der Waals surface area contributed by atoms with Gasteiger partial charge in [-0.15, -0.1) is 16.4 Å². The van der Waals surface area contributed by atoms with Crippen LogP contribution in [-0.2, 0) is 31.0 Å². The maximum atomic E-state index is 14.2. The number of carbonyl (C=O) groups is 3. The Morgan fingerprint density at radius 2 is 1.66 bits per heavy atom. The third-order valence-electron chi connectivity index (χ3n) is 5.60. The lowest BCUT2D eigenvalue weighted by Crippen LogP contribution is -2.33. The number of hydrogen-bond acceptors (Lipinski definition) is 10. The SMILES string of the molecule is CCOC(=O)c1c(N(C)Cc2c(F)cccc2F)sc(-c2ccc([N+](=O)[O-])cc2)c1CBr.CN(OC=O)C(=O)OC(C)(C)C. The Hall–Kier alpha value is -4.11. The summed E-state index contributed by atoms with van der Waals surface area (Å²) < 4.78 is 38.5. The molecule has 0 radical (unpaired) electrons. The number of rotatable bonds is 10. The minimum absolute atomic E-state index is 0.0521. The lowest BCUT2D eigenvalue weighted by Gasteiger charge is -2.22. The molecule has 0 atom stereocenters. The van der Waals surface area contributed by atoms with E-state index >= 15 is 0 Å². The number of hydroxylamine groups is 2. The lowest BCUT2D eigenvalue weighted by molar-refractivity contribution is -0.384. The molecule has 0 saturated heterocycles. The molecule has 2 aromatic carbocycles. The molecular weight excluding hydrogens is 668 g/mol. The van der Waals surface area contributed by atoms with Gasteiger partial charge in [0, 0.05) is 41.5 Å². The summed E-state index contributed by atoms with van der Waals surface area (Å²) in [6.45, 7) is 7.07. The first-order chi connectivity index (χ1) is 20.6. The molecular formula is C29H32BrF2N3O8S. The summed E-state index contributed by atoms with van der Waals surface area (Å²) in [6.07, 6.45) is -0.699. The van der Waals surface area contributed by atoms with Crippen molar-refractivity contribution in [1.29, 1.82) is 0 Å². The summed E-state index contributed by atoms with van der Waals surface area (Å²) in [6, 6.07) is 9.62. The highest BCUT2D eigenvalue weighted by Gasteiger charge is 2.28. The number of halogens is 3. The van der Waals surface area contributed by atoms with Gasteiger partial charge in [-0.2, -0.15) is 0 Å². The summed E-state index contributed by atoms with van der Waals surface area (Å²) in [5.41, 5.74) is 0.855. The number of ether oxygens (including phenoxy) is 2. The third-order valence-corrected chi connectivity index (χ3v) is 7.55. The number of nitro groups is 1. The van der Waals surface area contributed by atoms with Crippen molar-refractivity contribution in [2.24, 2.45) is 0 Å². The normalized spacial score (nSPS) is 10.7. The van der Waals surface area contributed by atoms with Gasteiger partial charge in [0.15, 0.2) is 0 Å². The van der Waals surface area contributed by atoms with Gasteiger partial charge in [-0.05, 0) is 63.1 Å². The molecule has 0 aliphatic carbocycles. The number of thiophene rings is 1. The molecule has 1 aromatic heterocycles. The number of benzene rings is 2. The van der Waals surface area contributed by atoms with Gasteiger partial charge in [-0.1, -0.05) is 22.0 Å². The Labute approximate surface area is 265 Å². The summed E-state index contributed by atoms with van der Waals surface area (Å²) in [5, 5.41) is 12.5. The van der Waals surface area contributed by atoms with Crippen LogP contribution in [0.3, 0.4) is 0 Å². The molecule has 1 amide bonds. The molecule has 0 aliphatic heterocycles. The molecule has 0 spiro atoms. The number of carbonyl (C=O) groups excluding carboxylic acids is 3. The molecule has 0 aliphatic rings. The van der Waals surface area contributed by atoms with Crippen molar-refractivity contribution in [1.82, 2.24) is 5.06 Å². The summed E-state index contributed by atoms with van der Waals surface area (Å²) in [5.74, 6) is -1.91. The van der Waals surface area contributed by atoms with Crippen LogP contribution in [0, 0.1) is 21.7 Å². The van der Waals surface area contributed by atoms with Crippen LogP contribution in [0.15, 0.2) is 42.5 Å². The largest absolute Gasteiger partial charge is 0.462 e. The van der Waals surface area contributed by atoms with Gasteiger partial charge in [0.25, 0.3) is 5.69 Å². The van der Waals surface area contributed by atoms with E-state index in [0.29, 0.717) is 31.9 Å². The first kappa shape index (κ1) is 36.1. The second kappa shape index (κ2) is 16.1. The van der Waals surface area contributed by atoms with E-state index in [9.17, 15) is 33.3 Å². The highest BCUT2D eigenvalue weighted by molar-refractivity contribution is 9.08. The van der Waals surface area contributed by atoms with E-state index < -0.39 is 34.2 Å². The number of amides is 1. The van der Waals surface area contributed by atoms with Crippen LogP contribution in [0.5, 0.6) is 0 Å². The Morgan fingerprint density at radius 3 is 2.14 bits per heavy atom. The average Bonchev–Trinajstić information content (AvgIpc) is 3.35. The van der Waals surface area contributed by atoms with Crippen LogP contribution in [-0.4, -0.2) is 54.8 Å². The Bertz CT molecular complexity index is 1460. The van der Waals surface area contributed by atoms with Crippen molar-refractivity contribution < 1.29 is 42.4 Å². The Kier molecular flexibility index (Phi) is 13.2. The fourth-order valence-corrected chi connectivity index (χ4v) is 5.68. The smallest absolute Gasteiger partial charge is 0.443 e. The van der Waals surface area contributed by atoms with E-state index in [2.05, 4.69) is 20.8 Å². The van der Waals surface area contributed by atoms with Gasteiger partial charge in [0.2, 0.25) is 0 Å². The van der Waals surface area contributed by atoms with Gasteiger partial charge in [-0.25, -0.2) is 18.4 Å². The summed E-state index contributed by atoms with van der Waals surface area (Å²) >= 11 is 4.67. The Balaban J connectivity index is 0.000000477. The van der Waals surface area contributed by atoms with Crippen molar-refractivity contribution in [2.75, 3.05) is 25.6 Å². The first-order valence-corrected chi connectivity index (χ1v) is 14.9. The van der Waals surface area contributed by atoms with E-state index in [1.54, 1.807) is 51.8 Å². The lowest BCUT2D eigenvalue weighted by atomic mass is 10.1. The second-order valence-corrected chi connectivity index (χ2v) is 11.5. The van der Waals surface area contributed by atoms with E-state index in [-0.39, 0.29) is 30.9 Å². The minimum Gasteiger partial charge on any atom is -0.462 e. The van der Waals surface area contributed by atoms with Gasteiger partial charge < -0.3 is 19.2 Å². The number of hydrogen-bond donors (Lipinski definition) is 0. The average molecular weight is 701 g/mol. The number of nitrogens with zero attached hydrogens (tertiary/aromatic N) is 3. The highest BCUT2D eigenvalue weighted by Crippen LogP contribution is 2.44. The Morgan fingerprint density at radius 1 is 1.07 bits per heavy atom. The zero-order chi connectivity index (χ0) is 33.2. The molecule has 15 heteroatoms. The molecule has 0 N–H and O–H groups in total. The van der Waals surface area contributed by atoms with Crippen molar-refractivity contribution in [3.63, 3.8) is 0 Å². The van der Waals surface area contributed by atoms with Crippen molar-refractivity contribution in [3.05, 3.63) is 80.9 Å². The van der Waals surface area contributed by atoms with Crippen LogP contribution >= 0.6 is 27.3 Å². The molecule has 0 fully saturated rings. The summed E-state index contributed by atoms with van der Waals surface area (Å²) in [4.78, 5) is 50.6. The number of alkyl halides is 1. The van der Waals surface area contributed by atoms with Crippen LogP contribution in [0.1, 0.15) is 49.2 Å². The maximum absolute atomic E-state index is 14.2. The quantitative estimate of drug-likeness (QED) is 0.0706. The molecule has 238 valence electrons. The molecule has 0 unspecified atom stereocenters. The van der Waals surface area contributed by atoms with E-state index in [1.807, 2.05) is 0 Å². The van der Waals surface area contributed by atoms with Crippen LogP contribution in [0.4, 0.5) is 24.3 Å². The van der Waals surface area contributed by atoms with E-state index in [0.717, 1.165) is 5.06 Å². The van der Waals surface area contributed by atoms with E-state index in [1.165, 1.54) is 48.7 Å². The van der Waals surface area contributed by atoms with Gasteiger partial charge in [-0.3, -0.25) is 14.9 Å². The molecule has 3 aromatic rings. The number of esters is 1. The van der Waals surface area contributed by atoms with Crippen molar-refractivity contribution in [2.45, 2.75) is 45.2 Å². The predicted octanol–water partition coefficient (Wildman–Crippen LogP) is 7.25. The zero-order valence-corrected chi connectivity index (χ0v) is 27.3. The van der Waals surface area contributed by atoms with Gasteiger partial charge in [0.1, 0.15) is 22.2 Å². The molecule has 0 bridgehead atoms. The molecule has 0 saturated carbocycles. The van der Waals surface area contributed by atoms with Gasteiger partial charge >= 0.3 is 18.5 Å². The number of anilines is 1. The molecule has 3 rings (SSSR count). The minimum atomic E-state index is -0.699. The van der Waals surface area contributed by atoms with Crippen LogP contribution in [0.2, 0.25) is 0 Å². The van der Waals surface area contributed by atoms with Gasteiger partial charge in [0.05, 0.1) is 24.1 Å². The molecule has 1 heterocycles. The number of nitro benzene ring substituents is 1. The highest BCUT2D eigenvalue weighted by atomic mass is 79.9. The fourth-order valence-electron chi connectivity index (χ4n) is 3.66. The number of non-ortho nitro benzene ring substituents is 1. The second-order valence-electron chi connectivity index (χ2n) is 9.98. The van der Waals surface area contributed by atoms with Crippen LogP contribution < -0.4 is 4.90 Å². The predicted molar refractivity (Wildman–Crippen MR) is 165 cm³/mol. The fraction of sp³-hybridized carbons (Fsp3) is 0.345.